The number of nitro groups is 1. The van der Waals surface area contributed by atoms with E-state index in [2.05, 4.69) is 9.80 Å². The van der Waals surface area contributed by atoms with Crippen LogP contribution in [0, 0.1) is 17.0 Å². The highest BCUT2D eigenvalue weighted by atomic mass is 16.6. The molecule has 0 radical (unpaired) electrons. The smallest absolute Gasteiger partial charge is 0.269 e. The summed E-state index contributed by atoms with van der Waals surface area (Å²) in [6.45, 7) is 4.03. The number of non-ortho nitro benzene ring substituents is 1. The van der Waals surface area contributed by atoms with Crippen LogP contribution in [-0.2, 0) is 12.0 Å². The van der Waals surface area contributed by atoms with Gasteiger partial charge >= 0.3 is 0 Å². The Morgan fingerprint density at radius 1 is 0.972 bits per heavy atom. The highest BCUT2D eigenvalue weighted by Gasteiger charge is 2.35. The van der Waals surface area contributed by atoms with Crippen molar-refractivity contribution in [3.05, 3.63) is 93.5 Å². The molecule has 3 aromatic carbocycles. The second kappa shape index (κ2) is 8.57. The number of nitro benzene ring substituents is 1. The van der Waals surface area contributed by atoms with E-state index in [9.17, 15) is 15.2 Å². The molecule has 0 bridgehead atoms. The standard InChI is InChI=1S/C28H27N5O3/c1-19-6-8-21(9-7-19)28(34)13-16-31(17-14-28)27-29-24-5-3-2-4-23(24)26(30-27)32-15-12-20-18-22(33(35)36)10-11-25(20)32/h2-11,18,34H,12-17H2,1H3. The molecule has 6 rings (SSSR count). The van der Waals surface area contributed by atoms with Crippen molar-refractivity contribution < 1.29 is 10.0 Å². The lowest BCUT2D eigenvalue weighted by Crippen LogP contribution is -2.43. The van der Waals surface area contributed by atoms with Crippen LogP contribution in [0.5, 0.6) is 0 Å². The summed E-state index contributed by atoms with van der Waals surface area (Å²) in [5.74, 6) is 1.45. The Kier molecular flexibility index (Phi) is 5.34. The van der Waals surface area contributed by atoms with Gasteiger partial charge in [0.1, 0.15) is 5.82 Å². The number of piperidine rings is 1. The third-order valence-corrected chi connectivity index (χ3v) is 7.46. The van der Waals surface area contributed by atoms with E-state index in [-0.39, 0.29) is 10.6 Å². The fraction of sp³-hybridized carbons (Fsp3) is 0.286. The number of hydrogen-bond acceptors (Lipinski definition) is 7. The number of para-hydroxylation sites is 1. The number of hydrogen-bond donors (Lipinski definition) is 1. The second-order valence-corrected chi connectivity index (χ2v) is 9.72. The number of rotatable bonds is 4. The Morgan fingerprint density at radius 3 is 2.47 bits per heavy atom. The molecule has 8 heteroatoms. The molecule has 1 saturated heterocycles. The van der Waals surface area contributed by atoms with E-state index in [0.29, 0.717) is 38.4 Å². The lowest BCUT2D eigenvalue weighted by molar-refractivity contribution is -0.384. The van der Waals surface area contributed by atoms with Crippen molar-refractivity contribution in [2.75, 3.05) is 29.4 Å². The Labute approximate surface area is 209 Å². The first-order valence-corrected chi connectivity index (χ1v) is 12.3. The molecule has 0 spiro atoms. The highest BCUT2D eigenvalue weighted by Crippen LogP contribution is 2.40. The Balaban J connectivity index is 1.33. The van der Waals surface area contributed by atoms with Gasteiger partial charge in [0.2, 0.25) is 5.95 Å². The molecule has 2 aliphatic heterocycles. The monoisotopic (exact) mass is 481 g/mol. The number of fused-ring (bicyclic) bond motifs is 2. The number of aliphatic hydroxyl groups is 1. The molecular weight excluding hydrogens is 454 g/mol. The van der Waals surface area contributed by atoms with Crippen LogP contribution < -0.4 is 9.80 Å². The Bertz CT molecular complexity index is 1460. The van der Waals surface area contributed by atoms with Gasteiger partial charge in [-0.2, -0.15) is 4.98 Å². The third kappa shape index (κ3) is 3.83. The van der Waals surface area contributed by atoms with Gasteiger partial charge in [-0.25, -0.2) is 4.98 Å². The Hall–Kier alpha value is -4.04. The van der Waals surface area contributed by atoms with Crippen LogP contribution in [0.15, 0.2) is 66.7 Å². The van der Waals surface area contributed by atoms with Crippen molar-refractivity contribution in [2.45, 2.75) is 31.8 Å². The zero-order chi connectivity index (χ0) is 24.9. The van der Waals surface area contributed by atoms with Crippen LogP contribution in [0.25, 0.3) is 10.9 Å². The van der Waals surface area contributed by atoms with Gasteiger partial charge in [0.15, 0.2) is 0 Å². The molecule has 0 aliphatic carbocycles. The van der Waals surface area contributed by atoms with Crippen molar-refractivity contribution in [2.24, 2.45) is 0 Å². The molecule has 0 atom stereocenters. The van der Waals surface area contributed by atoms with Crippen LogP contribution in [0.2, 0.25) is 0 Å². The SMILES string of the molecule is Cc1ccc(C2(O)CCN(c3nc(N4CCc5cc([N+](=O)[O-])ccc54)c4ccccc4n3)CC2)cc1. The summed E-state index contributed by atoms with van der Waals surface area (Å²) in [5.41, 5.74) is 4.14. The topological polar surface area (TPSA) is 95.6 Å². The van der Waals surface area contributed by atoms with Crippen molar-refractivity contribution >= 4 is 34.0 Å². The van der Waals surface area contributed by atoms with Gasteiger partial charge in [-0.3, -0.25) is 10.1 Å². The van der Waals surface area contributed by atoms with Gasteiger partial charge in [0.05, 0.1) is 16.0 Å². The van der Waals surface area contributed by atoms with Gasteiger partial charge < -0.3 is 14.9 Å². The summed E-state index contributed by atoms with van der Waals surface area (Å²) in [5, 5.41) is 23.5. The molecule has 8 nitrogen and oxygen atoms in total. The number of aromatic nitrogens is 2. The molecule has 36 heavy (non-hydrogen) atoms. The summed E-state index contributed by atoms with van der Waals surface area (Å²) in [4.78, 5) is 25.1. The zero-order valence-corrected chi connectivity index (χ0v) is 20.1. The Morgan fingerprint density at radius 2 is 1.72 bits per heavy atom. The average molecular weight is 482 g/mol. The fourth-order valence-corrected chi connectivity index (χ4v) is 5.35. The van der Waals surface area contributed by atoms with Crippen molar-refractivity contribution in [3.8, 4) is 0 Å². The first kappa shape index (κ1) is 22.4. The summed E-state index contributed by atoms with van der Waals surface area (Å²) in [6.07, 6.45) is 1.91. The first-order valence-electron chi connectivity index (χ1n) is 12.3. The number of anilines is 3. The fourth-order valence-electron chi connectivity index (χ4n) is 5.35. The van der Waals surface area contributed by atoms with Crippen LogP contribution in [0.4, 0.5) is 23.1 Å². The summed E-state index contributed by atoms with van der Waals surface area (Å²) in [7, 11) is 0. The molecule has 1 aromatic heterocycles. The minimum Gasteiger partial charge on any atom is -0.385 e. The van der Waals surface area contributed by atoms with Crippen LogP contribution in [0.1, 0.15) is 29.5 Å². The minimum absolute atomic E-state index is 0.109. The molecular formula is C28H27N5O3. The van der Waals surface area contributed by atoms with Crippen LogP contribution >= 0.6 is 0 Å². The second-order valence-electron chi connectivity index (χ2n) is 9.72. The predicted octanol–water partition coefficient (Wildman–Crippen LogP) is 5.03. The maximum absolute atomic E-state index is 11.3. The van der Waals surface area contributed by atoms with E-state index in [4.69, 9.17) is 9.97 Å². The van der Waals surface area contributed by atoms with Crippen molar-refractivity contribution in [3.63, 3.8) is 0 Å². The third-order valence-electron chi connectivity index (χ3n) is 7.46. The summed E-state index contributed by atoms with van der Waals surface area (Å²) >= 11 is 0. The summed E-state index contributed by atoms with van der Waals surface area (Å²) < 4.78 is 0. The van der Waals surface area contributed by atoms with E-state index in [1.54, 1.807) is 12.1 Å². The van der Waals surface area contributed by atoms with Crippen LogP contribution in [0.3, 0.4) is 0 Å². The molecule has 0 unspecified atom stereocenters. The van der Waals surface area contributed by atoms with Gasteiger partial charge in [-0.15, -0.1) is 0 Å². The van der Waals surface area contributed by atoms with Crippen molar-refractivity contribution in [1.29, 1.82) is 0 Å². The molecule has 0 saturated carbocycles. The van der Waals surface area contributed by atoms with E-state index >= 15 is 0 Å². The first-order chi connectivity index (χ1) is 17.4. The van der Waals surface area contributed by atoms with E-state index in [0.717, 1.165) is 40.0 Å². The molecule has 2 aliphatic rings. The number of aryl methyl sites for hydroxylation is 1. The average Bonchev–Trinajstić information content (AvgIpc) is 3.32. The minimum atomic E-state index is -0.855. The zero-order valence-electron chi connectivity index (χ0n) is 20.1. The van der Waals surface area contributed by atoms with Crippen LogP contribution in [-0.4, -0.2) is 39.6 Å². The lowest BCUT2D eigenvalue weighted by Gasteiger charge is -2.39. The largest absolute Gasteiger partial charge is 0.385 e. The molecule has 4 aromatic rings. The lowest BCUT2D eigenvalue weighted by atomic mass is 9.84. The maximum Gasteiger partial charge on any atom is 0.269 e. The molecule has 1 fully saturated rings. The molecule has 0 amide bonds. The van der Waals surface area contributed by atoms with E-state index < -0.39 is 5.60 Å². The van der Waals surface area contributed by atoms with Gasteiger partial charge in [-0.1, -0.05) is 42.0 Å². The van der Waals surface area contributed by atoms with Crippen molar-refractivity contribution in [1.82, 2.24) is 9.97 Å². The normalized spacial score (nSPS) is 16.8. The molecule has 1 N–H and O–H groups in total. The highest BCUT2D eigenvalue weighted by molar-refractivity contribution is 5.93. The predicted molar refractivity (Wildman–Crippen MR) is 140 cm³/mol. The summed E-state index contributed by atoms with van der Waals surface area (Å²) in [6, 6.07) is 21.1. The number of benzene rings is 3. The molecule has 3 heterocycles. The number of nitrogens with zero attached hydrogens (tertiary/aromatic N) is 5. The quantitative estimate of drug-likeness (QED) is 0.323. The van der Waals surface area contributed by atoms with Gasteiger partial charge in [-0.05, 0) is 55.5 Å². The molecule has 182 valence electrons. The van der Waals surface area contributed by atoms with E-state index in [1.165, 1.54) is 5.56 Å². The van der Waals surface area contributed by atoms with E-state index in [1.807, 2.05) is 61.5 Å². The van der Waals surface area contributed by atoms with Gasteiger partial charge in [0, 0.05) is 42.8 Å². The van der Waals surface area contributed by atoms with Gasteiger partial charge in [0.25, 0.3) is 5.69 Å². The maximum atomic E-state index is 11.3.